The summed E-state index contributed by atoms with van der Waals surface area (Å²) in [5.41, 5.74) is -0.154. The van der Waals surface area contributed by atoms with Gasteiger partial charge in [0.1, 0.15) is 0 Å². The average Bonchev–Trinajstić information content (AvgIpc) is 3.02. The van der Waals surface area contributed by atoms with Crippen LogP contribution in [0.15, 0.2) is 0 Å². The molecule has 2 N–H and O–H groups in total. The maximum Gasteiger partial charge on any atom is 0.236 e. The van der Waals surface area contributed by atoms with E-state index < -0.39 is 0 Å². The molecule has 0 bridgehead atoms. The lowest BCUT2D eigenvalue weighted by Gasteiger charge is -2.41. The molecule has 2 saturated carbocycles. The van der Waals surface area contributed by atoms with E-state index in [1.807, 2.05) is 11.8 Å². The third kappa shape index (κ3) is 2.38. The molecule has 0 spiro atoms. The number of carbonyl (C=O) groups excluding carboxylic acids is 1. The molecular weight excluding hydrogens is 204 g/mol. The Labute approximate surface area is 97.0 Å². The largest absolute Gasteiger partial charge is 0.394 e. The Morgan fingerprint density at radius 1 is 1.50 bits per heavy atom. The molecule has 0 aromatic heterocycles. The molecular formula is C12H22N2O2. The minimum Gasteiger partial charge on any atom is -0.394 e. The number of aliphatic hydroxyl groups excluding tert-OH is 1. The van der Waals surface area contributed by atoms with Crippen molar-refractivity contribution in [3.05, 3.63) is 0 Å². The summed E-state index contributed by atoms with van der Waals surface area (Å²) in [6.07, 6.45) is 5.45. The van der Waals surface area contributed by atoms with Crippen LogP contribution >= 0.6 is 0 Å². The summed E-state index contributed by atoms with van der Waals surface area (Å²) in [5, 5.41) is 12.5. The van der Waals surface area contributed by atoms with Crippen LogP contribution in [0.5, 0.6) is 0 Å². The smallest absolute Gasteiger partial charge is 0.236 e. The van der Waals surface area contributed by atoms with Gasteiger partial charge in [-0.15, -0.1) is 0 Å². The van der Waals surface area contributed by atoms with Crippen molar-refractivity contribution in [2.24, 2.45) is 0 Å². The number of carbonyl (C=O) groups is 1. The van der Waals surface area contributed by atoms with E-state index in [9.17, 15) is 9.90 Å². The number of amides is 1. The van der Waals surface area contributed by atoms with Crippen LogP contribution in [-0.2, 0) is 4.79 Å². The van der Waals surface area contributed by atoms with Crippen molar-refractivity contribution in [1.82, 2.24) is 10.2 Å². The van der Waals surface area contributed by atoms with E-state index in [1.54, 1.807) is 0 Å². The van der Waals surface area contributed by atoms with Crippen molar-refractivity contribution in [2.45, 2.75) is 50.6 Å². The highest BCUT2D eigenvalue weighted by molar-refractivity contribution is 5.79. The molecule has 2 aliphatic rings. The molecule has 0 heterocycles. The minimum absolute atomic E-state index is 0.149. The van der Waals surface area contributed by atoms with Crippen LogP contribution in [0.1, 0.15) is 39.0 Å². The maximum atomic E-state index is 11.9. The number of hydrogen-bond donors (Lipinski definition) is 2. The Bertz CT molecular complexity index is 254. The second kappa shape index (κ2) is 4.72. The van der Waals surface area contributed by atoms with Gasteiger partial charge in [-0.1, -0.05) is 0 Å². The Hall–Kier alpha value is -0.610. The van der Waals surface area contributed by atoms with Crippen molar-refractivity contribution >= 4 is 5.91 Å². The highest BCUT2D eigenvalue weighted by atomic mass is 16.3. The first-order valence-electron chi connectivity index (χ1n) is 6.36. The number of nitrogens with one attached hydrogen (secondary N) is 1. The monoisotopic (exact) mass is 226 g/mol. The van der Waals surface area contributed by atoms with Gasteiger partial charge < -0.3 is 15.3 Å². The normalized spacial score (nSPS) is 22.6. The second-order valence-electron chi connectivity index (χ2n) is 5.06. The van der Waals surface area contributed by atoms with Gasteiger partial charge in [0.05, 0.1) is 13.2 Å². The molecule has 16 heavy (non-hydrogen) atoms. The van der Waals surface area contributed by atoms with Crippen LogP contribution in [0.3, 0.4) is 0 Å². The molecule has 0 aromatic carbocycles. The van der Waals surface area contributed by atoms with Crippen LogP contribution in [0, 0.1) is 0 Å². The molecule has 0 radical (unpaired) electrons. The quantitative estimate of drug-likeness (QED) is 0.693. The molecule has 2 aliphatic carbocycles. The Morgan fingerprint density at radius 3 is 2.56 bits per heavy atom. The summed E-state index contributed by atoms with van der Waals surface area (Å²) >= 11 is 0. The van der Waals surface area contributed by atoms with Gasteiger partial charge in [0.2, 0.25) is 5.91 Å². The summed E-state index contributed by atoms with van der Waals surface area (Å²) in [6, 6.07) is 0.491. The molecule has 4 nitrogen and oxygen atoms in total. The number of likely N-dealkylation sites (N-methyl/N-ethyl adjacent to an activating group) is 1. The lowest BCUT2D eigenvalue weighted by atomic mass is 9.77. The van der Waals surface area contributed by atoms with Crippen LogP contribution in [0.25, 0.3) is 0 Å². The number of hydrogen-bond acceptors (Lipinski definition) is 3. The molecule has 1 amide bonds. The fourth-order valence-corrected chi connectivity index (χ4v) is 2.38. The first-order chi connectivity index (χ1) is 7.71. The Balaban J connectivity index is 1.77. The summed E-state index contributed by atoms with van der Waals surface area (Å²) in [5.74, 6) is 0.185. The number of nitrogens with zero attached hydrogens (tertiary/aromatic N) is 1. The van der Waals surface area contributed by atoms with Crippen molar-refractivity contribution in [2.75, 3.05) is 19.7 Å². The molecule has 0 unspecified atom stereocenters. The maximum absolute atomic E-state index is 11.9. The highest BCUT2D eigenvalue weighted by Crippen LogP contribution is 2.31. The SMILES string of the molecule is CCN(C(=O)CNC1(CO)CCC1)C1CC1. The van der Waals surface area contributed by atoms with Crippen LogP contribution in [-0.4, -0.2) is 47.2 Å². The van der Waals surface area contributed by atoms with Gasteiger partial charge in [-0.2, -0.15) is 0 Å². The predicted octanol–water partition coefficient (Wildman–Crippen LogP) is 0.502. The minimum atomic E-state index is -0.154. The third-order valence-electron chi connectivity index (χ3n) is 3.88. The number of rotatable bonds is 6. The van der Waals surface area contributed by atoms with Gasteiger partial charge in [-0.3, -0.25) is 4.79 Å². The second-order valence-corrected chi connectivity index (χ2v) is 5.06. The molecule has 2 fully saturated rings. The Morgan fingerprint density at radius 2 is 2.19 bits per heavy atom. The van der Waals surface area contributed by atoms with Gasteiger partial charge in [0.25, 0.3) is 0 Å². The zero-order valence-electron chi connectivity index (χ0n) is 10.0. The summed E-state index contributed by atoms with van der Waals surface area (Å²) in [4.78, 5) is 13.9. The fraction of sp³-hybridized carbons (Fsp3) is 0.917. The van der Waals surface area contributed by atoms with E-state index in [2.05, 4.69) is 5.32 Å². The lowest BCUT2D eigenvalue weighted by molar-refractivity contribution is -0.131. The van der Waals surface area contributed by atoms with E-state index in [4.69, 9.17) is 0 Å². The van der Waals surface area contributed by atoms with Crippen molar-refractivity contribution in [1.29, 1.82) is 0 Å². The van der Waals surface area contributed by atoms with Gasteiger partial charge in [-0.05, 0) is 39.0 Å². The van der Waals surface area contributed by atoms with E-state index in [-0.39, 0.29) is 18.1 Å². The van der Waals surface area contributed by atoms with Gasteiger partial charge in [0.15, 0.2) is 0 Å². The van der Waals surface area contributed by atoms with E-state index in [0.717, 1.165) is 38.6 Å². The van der Waals surface area contributed by atoms with E-state index in [0.29, 0.717) is 12.6 Å². The summed E-state index contributed by atoms with van der Waals surface area (Å²) < 4.78 is 0. The van der Waals surface area contributed by atoms with Gasteiger partial charge in [-0.25, -0.2) is 0 Å². The zero-order valence-corrected chi connectivity index (χ0v) is 10.0. The average molecular weight is 226 g/mol. The van der Waals surface area contributed by atoms with Gasteiger partial charge in [0, 0.05) is 18.1 Å². The molecule has 0 aliphatic heterocycles. The first-order valence-corrected chi connectivity index (χ1v) is 6.36. The van der Waals surface area contributed by atoms with Crippen LogP contribution in [0.2, 0.25) is 0 Å². The van der Waals surface area contributed by atoms with E-state index in [1.165, 1.54) is 0 Å². The summed E-state index contributed by atoms with van der Waals surface area (Å²) in [7, 11) is 0. The highest BCUT2D eigenvalue weighted by Gasteiger charge is 2.37. The molecule has 4 heteroatoms. The van der Waals surface area contributed by atoms with Crippen molar-refractivity contribution < 1.29 is 9.90 Å². The molecule has 0 atom stereocenters. The zero-order chi connectivity index (χ0) is 11.6. The molecule has 2 rings (SSSR count). The standard InChI is InChI=1S/C12H22N2O2/c1-2-14(10-4-5-10)11(16)8-13-12(9-15)6-3-7-12/h10,13,15H,2-9H2,1H3. The van der Waals surface area contributed by atoms with Crippen LogP contribution in [0.4, 0.5) is 0 Å². The third-order valence-corrected chi connectivity index (χ3v) is 3.88. The summed E-state index contributed by atoms with van der Waals surface area (Å²) in [6.45, 7) is 3.36. The number of aliphatic hydroxyl groups is 1. The predicted molar refractivity (Wildman–Crippen MR) is 62.1 cm³/mol. The molecule has 0 aromatic rings. The lowest BCUT2D eigenvalue weighted by Crippen LogP contribution is -2.56. The van der Waals surface area contributed by atoms with Crippen molar-refractivity contribution in [3.8, 4) is 0 Å². The topological polar surface area (TPSA) is 52.6 Å². The van der Waals surface area contributed by atoms with Crippen LogP contribution < -0.4 is 5.32 Å². The molecule has 0 saturated heterocycles. The van der Waals surface area contributed by atoms with Gasteiger partial charge >= 0.3 is 0 Å². The fourth-order valence-electron chi connectivity index (χ4n) is 2.38. The van der Waals surface area contributed by atoms with E-state index >= 15 is 0 Å². The first kappa shape index (κ1) is 11.9. The molecule has 92 valence electrons. The Kier molecular flexibility index (Phi) is 3.50. The van der Waals surface area contributed by atoms with Crippen molar-refractivity contribution in [3.63, 3.8) is 0 Å².